The van der Waals surface area contributed by atoms with Gasteiger partial charge in [0.25, 0.3) is 5.69 Å². The number of anilines is 1. The molecule has 6 nitrogen and oxygen atoms in total. The minimum atomic E-state index is -1.11. The Morgan fingerprint density at radius 1 is 1.59 bits per heavy atom. The van der Waals surface area contributed by atoms with Gasteiger partial charge in [0.05, 0.1) is 16.2 Å². The van der Waals surface area contributed by atoms with Gasteiger partial charge < -0.3 is 10.4 Å². The third-order valence-corrected chi connectivity index (χ3v) is 2.46. The van der Waals surface area contributed by atoms with E-state index in [2.05, 4.69) is 5.32 Å². The van der Waals surface area contributed by atoms with Crippen molar-refractivity contribution in [3.05, 3.63) is 33.9 Å². The number of hydrogen-bond donors (Lipinski definition) is 2. The van der Waals surface area contributed by atoms with Gasteiger partial charge in [0.15, 0.2) is 0 Å². The summed E-state index contributed by atoms with van der Waals surface area (Å²) in [6, 6.07) is 3.72. The van der Waals surface area contributed by atoms with E-state index in [9.17, 15) is 14.9 Å². The second-order valence-corrected chi connectivity index (χ2v) is 3.75. The van der Waals surface area contributed by atoms with E-state index in [1.54, 1.807) is 0 Å². The van der Waals surface area contributed by atoms with E-state index >= 15 is 0 Å². The minimum absolute atomic E-state index is 0.0379. The zero-order valence-corrected chi connectivity index (χ0v) is 9.64. The molecule has 0 radical (unpaired) electrons. The van der Waals surface area contributed by atoms with Crippen LogP contribution < -0.4 is 5.32 Å². The van der Waals surface area contributed by atoms with Crippen LogP contribution in [0.4, 0.5) is 11.4 Å². The third kappa shape index (κ3) is 3.17. The average Bonchev–Trinajstić information content (AvgIpc) is 2.28. The molecule has 1 aromatic carbocycles. The Bertz CT molecular complexity index is 445. The van der Waals surface area contributed by atoms with Crippen molar-refractivity contribution < 1.29 is 14.8 Å². The lowest BCUT2D eigenvalue weighted by molar-refractivity contribution is -0.384. The van der Waals surface area contributed by atoms with Gasteiger partial charge in [-0.3, -0.25) is 10.1 Å². The van der Waals surface area contributed by atoms with Crippen LogP contribution in [0.25, 0.3) is 0 Å². The monoisotopic (exact) mass is 238 g/mol. The highest BCUT2D eigenvalue weighted by Gasteiger charge is 2.16. The molecule has 1 aromatic rings. The highest BCUT2D eigenvalue weighted by molar-refractivity contribution is 5.94. The first-order chi connectivity index (χ1) is 7.95. The Hall–Kier alpha value is -2.11. The fraction of sp³-hybridized carbons (Fsp3) is 0.364. The van der Waals surface area contributed by atoms with Gasteiger partial charge in [-0.1, -0.05) is 6.92 Å². The molecule has 92 valence electrons. The fourth-order valence-electron chi connectivity index (χ4n) is 1.32. The molecule has 0 aromatic heterocycles. The van der Waals surface area contributed by atoms with Crippen molar-refractivity contribution in [2.45, 2.75) is 26.3 Å². The molecule has 0 spiro atoms. The fourth-order valence-corrected chi connectivity index (χ4v) is 1.32. The predicted molar refractivity (Wildman–Crippen MR) is 63.4 cm³/mol. The summed E-state index contributed by atoms with van der Waals surface area (Å²) in [6.45, 7) is 3.82. The molecule has 0 aliphatic heterocycles. The number of non-ortho nitro benzene ring substituents is 1. The van der Waals surface area contributed by atoms with E-state index in [4.69, 9.17) is 5.11 Å². The molecule has 1 unspecified atom stereocenters. The summed E-state index contributed by atoms with van der Waals surface area (Å²) in [5.41, 5.74) is 0.192. The summed E-state index contributed by atoms with van der Waals surface area (Å²) in [5.74, 6) is -1.11. The number of rotatable bonds is 5. The predicted octanol–water partition coefficient (Wildman–Crippen LogP) is 2.50. The van der Waals surface area contributed by atoms with Gasteiger partial charge in [-0.05, 0) is 19.4 Å². The van der Waals surface area contributed by atoms with Gasteiger partial charge in [-0.2, -0.15) is 0 Å². The molecule has 0 amide bonds. The van der Waals surface area contributed by atoms with Crippen molar-refractivity contribution in [1.82, 2.24) is 0 Å². The van der Waals surface area contributed by atoms with Crippen LogP contribution in [-0.4, -0.2) is 22.0 Å². The topological polar surface area (TPSA) is 92.5 Å². The number of nitro benzene ring substituents is 1. The molecule has 1 atom stereocenters. The molecule has 0 aliphatic rings. The quantitative estimate of drug-likeness (QED) is 0.607. The van der Waals surface area contributed by atoms with E-state index in [-0.39, 0.29) is 23.0 Å². The van der Waals surface area contributed by atoms with Crippen molar-refractivity contribution in [3.63, 3.8) is 0 Å². The van der Waals surface area contributed by atoms with Crippen LogP contribution in [0.1, 0.15) is 30.6 Å². The third-order valence-electron chi connectivity index (χ3n) is 2.46. The van der Waals surface area contributed by atoms with Crippen LogP contribution in [0.5, 0.6) is 0 Å². The zero-order chi connectivity index (χ0) is 13.0. The molecule has 0 heterocycles. The maximum Gasteiger partial charge on any atom is 0.337 e. The average molecular weight is 238 g/mol. The number of nitrogens with zero attached hydrogens (tertiary/aromatic N) is 1. The number of nitrogens with one attached hydrogen (secondary N) is 1. The first-order valence-corrected chi connectivity index (χ1v) is 5.24. The van der Waals surface area contributed by atoms with Gasteiger partial charge in [-0.25, -0.2) is 4.79 Å². The van der Waals surface area contributed by atoms with Gasteiger partial charge in [0.1, 0.15) is 0 Å². The first kappa shape index (κ1) is 13.0. The molecular weight excluding hydrogens is 224 g/mol. The smallest absolute Gasteiger partial charge is 0.337 e. The Morgan fingerprint density at radius 2 is 2.24 bits per heavy atom. The minimum Gasteiger partial charge on any atom is -0.478 e. The SMILES string of the molecule is CCC(C)Nc1cc([N+](=O)[O-])ccc1C(=O)O. The summed E-state index contributed by atoms with van der Waals surface area (Å²) in [5, 5.41) is 22.5. The molecule has 17 heavy (non-hydrogen) atoms. The molecule has 0 fully saturated rings. The van der Waals surface area contributed by atoms with Gasteiger partial charge in [-0.15, -0.1) is 0 Å². The van der Waals surface area contributed by atoms with Crippen molar-refractivity contribution >= 4 is 17.3 Å². The summed E-state index contributed by atoms with van der Waals surface area (Å²) in [4.78, 5) is 21.0. The van der Waals surface area contributed by atoms with E-state index in [1.165, 1.54) is 18.2 Å². The Labute approximate surface area is 98.4 Å². The van der Waals surface area contributed by atoms with Crippen molar-refractivity contribution in [2.75, 3.05) is 5.32 Å². The van der Waals surface area contributed by atoms with E-state index < -0.39 is 10.9 Å². The summed E-state index contributed by atoms with van der Waals surface area (Å²) in [7, 11) is 0. The molecule has 0 aliphatic carbocycles. The van der Waals surface area contributed by atoms with Crippen LogP contribution in [0.15, 0.2) is 18.2 Å². The number of nitro groups is 1. The van der Waals surface area contributed by atoms with Crippen molar-refractivity contribution in [1.29, 1.82) is 0 Å². The maximum atomic E-state index is 11.0. The number of benzene rings is 1. The zero-order valence-electron chi connectivity index (χ0n) is 9.64. The standard InChI is InChI=1S/C11H14N2O4/c1-3-7(2)12-10-6-8(13(16)17)4-5-9(10)11(14)15/h4-7,12H,3H2,1-2H3,(H,14,15). The Balaban J connectivity index is 3.15. The first-order valence-electron chi connectivity index (χ1n) is 5.24. The highest BCUT2D eigenvalue weighted by atomic mass is 16.6. The molecule has 1 rings (SSSR count). The van der Waals surface area contributed by atoms with E-state index in [0.29, 0.717) is 0 Å². The van der Waals surface area contributed by atoms with E-state index in [1.807, 2.05) is 13.8 Å². The van der Waals surface area contributed by atoms with E-state index in [0.717, 1.165) is 6.42 Å². The summed E-state index contributed by atoms with van der Waals surface area (Å²) < 4.78 is 0. The molecule has 6 heteroatoms. The van der Waals surface area contributed by atoms with Crippen LogP contribution in [0, 0.1) is 10.1 Å². The summed E-state index contributed by atoms with van der Waals surface area (Å²) in [6.07, 6.45) is 0.793. The van der Waals surface area contributed by atoms with Crippen LogP contribution in [0.2, 0.25) is 0 Å². The molecular formula is C11H14N2O4. The lowest BCUT2D eigenvalue weighted by Gasteiger charge is -2.14. The van der Waals surface area contributed by atoms with Crippen LogP contribution in [-0.2, 0) is 0 Å². The lowest BCUT2D eigenvalue weighted by atomic mass is 10.1. The highest BCUT2D eigenvalue weighted by Crippen LogP contribution is 2.23. The number of aromatic carboxylic acids is 1. The van der Waals surface area contributed by atoms with Gasteiger partial charge in [0, 0.05) is 18.2 Å². The number of carbonyl (C=O) groups is 1. The molecule has 2 N–H and O–H groups in total. The number of carboxylic acid groups (broad SMARTS) is 1. The number of carboxylic acids is 1. The van der Waals surface area contributed by atoms with Crippen molar-refractivity contribution in [2.24, 2.45) is 0 Å². The maximum absolute atomic E-state index is 11.0. The Morgan fingerprint density at radius 3 is 2.71 bits per heavy atom. The number of hydrogen-bond acceptors (Lipinski definition) is 4. The summed E-state index contributed by atoms with van der Waals surface area (Å²) >= 11 is 0. The molecule has 0 saturated heterocycles. The van der Waals surface area contributed by atoms with Gasteiger partial charge in [0.2, 0.25) is 0 Å². The van der Waals surface area contributed by atoms with Crippen molar-refractivity contribution in [3.8, 4) is 0 Å². The molecule has 0 bridgehead atoms. The normalized spacial score (nSPS) is 11.9. The Kier molecular flexibility index (Phi) is 4.03. The van der Waals surface area contributed by atoms with Crippen LogP contribution in [0.3, 0.4) is 0 Å². The largest absolute Gasteiger partial charge is 0.478 e. The van der Waals surface area contributed by atoms with Crippen LogP contribution >= 0.6 is 0 Å². The second kappa shape index (κ2) is 5.29. The second-order valence-electron chi connectivity index (χ2n) is 3.75. The lowest BCUT2D eigenvalue weighted by Crippen LogP contribution is -2.16. The molecule has 0 saturated carbocycles. The van der Waals surface area contributed by atoms with Gasteiger partial charge >= 0.3 is 5.97 Å².